The van der Waals surface area contributed by atoms with Crippen LogP contribution in [0.3, 0.4) is 0 Å². The van der Waals surface area contributed by atoms with Crippen LogP contribution < -0.4 is 16.0 Å². The molecule has 1 aromatic carbocycles. The molecule has 3 amide bonds. The van der Waals surface area contributed by atoms with Gasteiger partial charge in [-0.25, -0.2) is 0 Å². The molecule has 0 bridgehead atoms. The van der Waals surface area contributed by atoms with Gasteiger partial charge in [0.2, 0.25) is 17.7 Å². The molecule has 0 saturated carbocycles. The summed E-state index contributed by atoms with van der Waals surface area (Å²) in [4.78, 5) is 38.2. The highest BCUT2D eigenvalue weighted by atomic mass is 16.2. The van der Waals surface area contributed by atoms with Gasteiger partial charge in [0.05, 0.1) is 13.1 Å². The van der Waals surface area contributed by atoms with Gasteiger partial charge in [0, 0.05) is 17.3 Å². The Labute approximate surface area is 173 Å². The van der Waals surface area contributed by atoms with Crippen LogP contribution in [0.5, 0.6) is 0 Å². The second kappa shape index (κ2) is 12.2. The summed E-state index contributed by atoms with van der Waals surface area (Å²) in [7, 11) is 0. The predicted octanol–water partition coefficient (Wildman–Crippen LogP) is 2.99. The van der Waals surface area contributed by atoms with Crippen molar-refractivity contribution in [1.29, 1.82) is 0 Å². The highest BCUT2D eigenvalue weighted by Crippen LogP contribution is 2.14. The molecule has 29 heavy (non-hydrogen) atoms. The second-order valence-corrected chi connectivity index (χ2v) is 7.74. The minimum Gasteiger partial charge on any atom is -0.347 e. The van der Waals surface area contributed by atoms with Crippen molar-refractivity contribution in [2.24, 2.45) is 5.92 Å². The Morgan fingerprint density at radius 1 is 0.897 bits per heavy atom. The molecule has 0 radical (unpaired) electrons. The van der Waals surface area contributed by atoms with E-state index in [1.807, 2.05) is 13.8 Å². The van der Waals surface area contributed by atoms with Gasteiger partial charge < -0.3 is 16.0 Å². The maximum absolute atomic E-state index is 12.3. The zero-order chi connectivity index (χ0) is 21.1. The van der Waals surface area contributed by atoms with E-state index in [1.54, 1.807) is 24.3 Å². The van der Waals surface area contributed by atoms with Crippen molar-refractivity contribution in [3.8, 4) is 0 Å². The van der Waals surface area contributed by atoms with Crippen molar-refractivity contribution in [2.75, 3.05) is 36.8 Å². The minimum atomic E-state index is -0.282. The van der Waals surface area contributed by atoms with Gasteiger partial charge in [-0.15, -0.1) is 0 Å². The fourth-order valence-corrected chi connectivity index (χ4v) is 3.24. The summed E-state index contributed by atoms with van der Waals surface area (Å²) >= 11 is 0. The number of hydrogen-bond acceptors (Lipinski definition) is 4. The number of benzene rings is 1. The van der Waals surface area contributed by atoms with Gasteiger partial charge >= 0.3 is 0 Å². The molecule has 160 valence electrons. The normalized spacial score (nSPS) is 16.2. The van der Waals surface area contributed by atoms with E-state index in [1.165, 1.54) is 19.3 Å². The lowest BCUT2D eigenvalue weighted by Gasteiger charge is -2.23. The van der Waals surface area contributed by atoms with E-state index in [0.29, 0.717) is 17.9 Å². The maximum atomic E-state index is 12.3. The summed E-state index contributed by atoms with van der Waals surface area (Å²) in [5.74, 6) is -0.532. The van der Waals surface area contributed by atoms with Gasteiger partial charge in [0.1, 0.15) is 0 Å². The molecule has 2 rings (SSSR count). The average Bonchev–Trinajstić information content (AvgIpc) is 2.69. The lowest BCUT2D eigenvalue weighted by atomic mass is 10.1. The van der Waals surface area contributed by atoms with Crippen LogP contribution in [0.4, 0.5) is 11.4 Å². The van der Waals surface area contributed by atoms with Crippen LogP contribution in [-0.4, -0.2) is 48.8 Å². The van der Waals surface area contributed by atoms with Crippen molar-refractivity contribution < 1.29 is 14.4 Å². The van der Waals surface area contributed by atoms with Gasteiger partial charge in [0.25, 0.3) is 0 Å². The molecule has 0 aromatic heterocycles. The molecule has 0 aliphatic carbocycles. The number of rotatable bonds is 8. The fourth-order valence-electron chi connectivity index (χ4n) is 3.24. The lowest BCUT2D eigenvalue weighted by Crippen LogP contribution is -2.35. The number of likely N-dealkylation sites (tertiary alicyclic amines) is 1. The summed E-state index contributed by atoms with van der Waals surface area (Å²) in [6, 6.07) is 7.00. The van der Waals surface area contributed by atoms with Gasteiger partial charge in [-0.3, -0.25) is 19.3 Å². The van der Waals surface area contributed by atoms with Crippen molar-refractivity contribution in [3.63, 3.8) is 0 Å². The summed E-state index contributed by atoms with van der Waals surface area (Å²) < 4.78 is 0. The van der Waals surface area contributed by atoms with Crippen LogP contribution >= 0.6 is 0 Å². The maximum Gasteiger partial charge on any atom is 0.243 e. The third kappa shape index (κ3) is 8.64. The van der Waals surface area contributed by atoms with Crippen molar-refractivity contribution in [2.45, 2.75) is 52.4 Å². The monoisotopic (exact) mass is 402 g/mol. The first kappa shape index (κ1) is 22.9. The molecule has 1 heterocycles. The number of amides is 3. The van der Waals surface area contributed by atoms with Gasteiger partial charge in [-0.1, -0.05) is 33.1 Å². The second-order valence-electron chi connectivity index (χ2n) is 7.74. The van der Waals surface area contributed by atoms with Crippen LogP contribution in [0.15, 0.2) is 24.3 Å². The third-order valence-corrected chi connectivity index (χ3v) is 5.25. The van der Waals surface area contributed by atoms with E-state index < -0.39 is 0 Å². The average molecular weight is 403 g/mol. The van der Waals surface area contributed by atoms with E-state index in [0.717, 1.165) is 32.4 Å². The van der Waals surface area contributed by atoms with Crippen LogP contribution in [0, 0.1) is 5.92 Å². The van der Waals surface area contributed by atoms with E-state index >= 15 is 0 Å². The summed E-state index contributed by atoms with van der Waals surface area (Å²) in [5, 5.41) is 8.28. The Balaban J connectivity index is 1.75. The molecule has 1 aliphatic heterocycles. The Bertz CT molecular complexity index is 667. The standard InChI is InChI=1S/C22H34N4O3/c1-3-17(2)22(29)23-15-20(27)24-18-9-11-19(12-10-18)25-21(28)16-26-13-7-5-4-6-8-14-26/h9-12,17H,3-8,13-16H2,1-2H3,(H,23,29)(H,24,27)(H,25,28). The molecule has 1 unspecified atom stereocenters. The number of anilines is 2. The molecule has 7 heteroatoms. The highest BCUT2D eigenvalue weighted by molar-refractivity contribution is 5.95. The summed E-state index contributed by atoms with van der Waals surface area (Å²) in [5.41, 5.74) is 1.32. The number of carbonyl (C=O) groups is 3. The Morgan fingerprint density at radius 3 is 1.97 bits per heavy atom. The molecule has 1 aromatic rings. The van der Waals surface area contributed by atoms with E-state index in [9.17, 15) is 14.4 Å². The van der Waals surface area contributed by atoms with Crippen molar-refractivity contribution in [3.05, 3.63) is 24.3 Å². The van der Waals surface area contributed by atoms with E-state index in [-0.39, 0.29) is 30.2 Å². The molecule has 7 nitrogen and oxygen atoms in total. The Morgan fingerprint density at radius 2 is 1.41 bits per heavy atom. The number of nitrogens with one attached hydrogen (secondary N) is 3. The van der Waals surface area contributed by atoms with Crippen LogP contribution in [0.1, 0.15) is 52.4 Å². The Hall–Kier alpha value is -2.41. The number of nitrogens with zero attached hydrogens (tertiary/aromatic N) is 1. The van der Waals surface area contributed by atoms with Crippen LogP contribution in [-0.2, 0) is 14.4 Å². The van der Waals surface area contributed by atoms with Crippen LogP contribution in [0.25, 0.3) is 0 Å². The molecular weight excluding hydrogens is 368 g/mol. The molecule has 1 saturated heterocycles. The molecule has 1 aliphatic rings. The zero-order valence-corrected chi connectivity index (χ0v) is 17.6. The molecule has 3 N–H and O–H groups in total. The molecule has 1 atom stereocenters. The summed E-state index contributed by atoms with van der Waals surface area (Å²) in [6.45, 7) is 6.07. The van der Waals surface area contributed by atoms with Crippen LogP contribution in [0.2, 0.25) is 0 Å². The highest BCUT2D eigenvalue weighted by Gasteiger charge is 2.13. The quantitative estimate of drug-likeness (QED) is 0.623. The predicted molar refractivity (Wildman–Crippen MR) is 116 cm³/mol. The fraction of sp³-hybridized carbons (Fsp3) is 0.591. The smallest absolute Gasteiger partial charge is 0.243 e. The van der Waals surface area contributed by atoms with Crippen molar-refractivity contribution in [1.82, 2.24) is 10.2 Å². The van der Waals surface area contributed by atoms with Crippen molar-refractivity contribution >= 4 is 29.1 Å². The number of carbonyl (C=O) groups excluding carboxylic acids is 3. The van der Waals surface area contributed by atoms with Gasteiger partial charge in [-0.2, -0.15) is 0 Å². The van der Waals surface area contributed by atoms with Gasteiger partial charge in [-0.05, 0) is 56.6 Å². The molecule has 1 fully saturated rings. The SMILES string of the molecule is CCC(C)C(=O)NCC(=O)Nc1ccc(NC(=O)CN2CCCCCCC2)cc1. The largest absolute Gasteiger partial charge is 0.347 e. The van der Waals surface area contributed by atoms with E-state index in [4.69, 9.17) is 0 Å². The first-order valence-electron chi connectivity index (χ1n) is 10.7. The molecule has 0 spiro atoms. The zero-order valence-electron chi connectivity index (χ0n) is 17.6. The first-order chi connectivity index (χ1) is 14.0. The minimum absolute atomic E-state index is 0.0184. The van der Waals surface area contributed by atoms with E-state index in [2.05, 4.69) is 20.9 Å². The third-order valence-electron chi connectivity index (χ3n) is 5.25. The first-order valence-corrected chi connectivity index (χ1v) is 10.7. The summed E-state index contributed by atoms with van der Waals surface area (Å²) in [6.07, 6.45) is 6.82. The van der Waals surface area contributed by atoms with Gasteiger partial charge in [0.15, 0.2) is 0 Å². The molecular formula is C22H34N4O3. The topological polar surface area (TPSA) is 90.5 Å². The number of hydrogen-bond donors (Lipinski definition) is 3. The lowest BCUT2D eigenvalue weighted by molar-refractivity contribution is -0.126. The Kier molecular flexibility index (Phi) is 9.64.